The fourth-order valence-electron chi connectivity index (χ4n) is 3.81. The largest absolute Gasteiger partial charge is 0.350 e. The van der Waals surface area contributed by atoms with Crippen molar-refractivity contribution in [2.45, 2.75) is 57.1 Å². The summed E-state index contributed by atoms with van der Waals surface area (Å²) in [4.78, 5) is 40.6. The van der Waals surface area contributed by atoms with E-state index in [2.05, 4.69) is 5.32 Å². The van der Waals surface area contributed by atoms with Gasteiger partial charge in [-0.25, -0.2) is 12.7 Å². The second kappa shape index (κ2) is 10.2. The first-order valence-electron chi connectivity index (χ1n) is 11.0. The fourth-order valence-corrected chi connectivity index (χ4v) is 5.65. The summed E-state index contributed by atoms with van der Waals surface area (Å²) in [6.07, 6.45) is 0.260. The fraction of sp³-hybridized carbons (Fsp3) is 0.375. The molecule has 0 spiro atoms. The van der Waals surface area contributed by atoms with Crippen LogP contribution >= 0.6 is 23.2 Å². The van der Waals surface area contributed by atoms with Gasteiger partial charge in [0.05, 0.1) is 15.6 Å². The zero-order valence-electron chi connectivity index (χ0n) is 19.8. The minimum atomic E-state index is -4.19. The molecule has 0 fully saturated rings. The molecule has 11 heteroatoms. The highest BCUT2D eigenvalue weighted by molar-refractivity contribution is 7.90. The molecule has 0 saturated carbocycles. The van der Waals surface area contributed by atoms with Gasteiger partial charge in [-0.15, -0.1) is 0 Å². The molecule has 2 aromatic carbocycles. The van der Waals surface area contributed by atoms with Gasteiger partial charge in [0.15, 0.2) is 0 Å². The maximum atomic E-state index is 13.5. The van der Waals surface area contributed by atoms with Crippen LogP contribution in [0.2, 0.25) is 10.0 Å². The first kappa shape index (κ1) is 27.0. The molecule has 1 atom stereocenters. The molecule has 1 aliphatic heterocycles. The van der Waals surface area contributed by atoms with E-state index < -0.39 is 45.9 Å². The third kappa shape index (κ3) is 5.79. The molecule has 0 bridgehead atoms. The summed E-state index contributed by atoms with van der Waals surface area (Å²) in [7, 11) is -4.19. The Balaban J connectivity index is 1.96. The van der Waals surface area contributed by atoms with Crippen LogP contribution in [-0.4, -0.2) is 53.5 Å². The van der Waals surface area contributed by atoms with Crippen LogP contribution in [0.1, 0.15) is 50.0 Å². The molecular formula is C24H27Cl2N3O5S. The molecule has 2 aromatic rings. The number of nitrogens with zero attached hydrogens (tertiary/aromatic N) is 2. The quantitative estimate of drug-likeness (QED) is 0.575. The minimum Gasteiger partial charge on any atom is -0.350 e. The van der Waals surface area contributed by atoms with Gasteiger partial charge in [-0.3, -0.25) is 14.4 Å². The summed E-state index contributed by atoms with van der Waals surface area (Å²) >= 11 is 12.1. The lowest BCUT2D eigenvalue weighted by Gasteiger charge is -2.33. The Morgan fingerprint density at radius 1 is 1.09 bits per heavy atom. The van der Waals surface area contributed by atoms with Crippen LogP contribution in [0.3, 0.4) is 0 Å². The van der Waals surface area contributed by atoms with E-state index in [1.165, 1.54) is 23.1 Å². The summed E-state index contributed by atoms with van der Waals surface area (Å²) in [5, 5.41) is 3.47. The van der Waals surface area contributed by atoms with Gasteiger partial charge in [0.2, 0.25) is 11.8 Å². The van der Waals surface area contributed by atoms with E-state index >= 15 is 0 Å². The second-order valence-corrected chi connectivity index (χ2v) is 11.9. The van der Waals surface area contributed by atoms with Gasteiger partial charge in [-0.1, -0.05) is 48.3 Å². The SMILES string of the molecule is CCC(C(=O)NC(C)(C)C)N(Cc1ccc(Cl)c(Cl)c1)C(=O)CN1C(=O)c2ccccc2S1(=O)=O. The van der Waals surface area contributed by atoms with Crippen molar-refractivity contribution in [2.75, 3.05) is 6.54 Å². The molecule has 0 saturated heterocycles. The summed E-state index contributed by atoms with van der Waals surface area (Å²) in [6, 6.07) is 9.68. The normalized spacial score (nSPS) is 15.5. The molecule has 1 aliphatic rings. The number of benzene rings is 2. The number of hydrogen-bond acceptors (Lipinski definition) is 5. The van der Waals surface area contributed by atoms with Gasteiger partial charge < -0.3 is 10.2 Å². The smallest absolute Gasteiger partial charge is 0.269 e. The zero-order chi connectivity index (χ0) is 26.1. The van der Waals surface area contributed by atoms with E-state index in [0.29, 0.717) is 14.9 Å². The number of amides is 3. The van der Waals surface area contributed by atoms with Gasteiger partial charge in [-0.05, 0) is 57.0 Å². The van der Waals surface area contributed by atoms with Crippen molar-refractivity contribution >= 4 is 50.9 Å². The lowest BCUT2D eigenvalue weighted by Crippen LogP contribution is -2.55. The molecular weight excluding hydrogens is 513 g/mol. The Kier molecular flexibility index (Phi) is 7.83. The van der Waals surface area contributed by atoms with Crippen molar-refractivity contribution in [3.63, 3.8) is 0 Å². The topological polar surface area (TPSA) is 104 Å². The summed E-state index contributed by atoms with van der Waals surface area (Å²) in [6.45, 7) is 6.41. The number of carbonyl (C=O) groups is 3. The third-order valence-corrected chi connectivity index (χ3v) is 7.94. The van der Waals surface area contributed by atoms with Gasteiger partial charge >= 0.3 is 0 Å². The predicted octanol–water partition coefficient (Wildman–Crippen LogP) is 3.86. The standard InChI is InChI=1S/C24H27Cl2N3O5S/c1-5-19(22(31)27-24(2,3)4)28(13-15-10-11-17(25)18(26)12-15)21(30)14-29-23(32)16-8-6-7-9-20(16)35(29,33)34/h6-12,19H,5,13-14H2,1-4H3,(H,27,31). The lowest BCUT2D eigenvalue weighted by molar-refractivity contribution is -0.141. The van der Waals surface area contributed by atoms with Crippen LogP contribution in [0.5, 0.6) is 0 Å². The molecule has 0 aliphatic carbocycles. The minimum absolute atomic E-state index is 0.00819. The summed E-state index contributed by atoms with van der Waals surface area (Å²) in [5.74, 6) is -1.88. The Hall–Kier alpha value is -2.62. The molecule has 188 valence electrons. The van der Waals surface area contributed by atoms with Crippen LogP contribution in [0.4, 0.5) is 0 Å². The molecule has 1 N–H and O–H groups in total. The first-order valence-corrected chi connectivity index (χ1v) is 13.2. The summed E-state index contributed by atoms with van der Waals surface area (Å²) < 4.78 is 26.5. The van der Waals surface area contributed by atoms with Crippen molar-refractivity contribution < 1.29 is 22.8 Å². The van der Waals surface area contributed by atoms with E-state index in [0.717, 1.165) is 0 Å². The van der Waals surface area contributed by atoms with Crippen LogP contribution in [0.25, 0.3) is 0 Å². The number of rotatable bonds is 7. The van der Waals surface area contributed by atoms with E-state index in [4.69, 9.17) is 23.2 Å². The van der Waals surface area contributed by atoms with Crippen LogP contribution in [-0.2, 0) is 26.2 Å². The maximum Gasteiger partial charge on any atom is 0.269 e. The average molecular weight is 540 g/mol. The highest BCUT2D eigenvalue weighted by Crippen LogP contribution is 2.30. The number of carbonyl (C=O) groups excluding carboxylic acids is 3. The van der Waals surface area contributed by atoms with Gasteiger partial charge in [-0.2, -0.15) is 0 Å². The monoisotopic (exact) mass is 539 g/mol. The van der Waals surface area contributed by atoms with Crippen molar-refractivity contribution in [2.24, 2.45) is 0 Å². The third-order valence-electron chi connectivity index (χ3n) is 5.41. The van der Waals surface area contributed by atoms with Crippen molar-refractivity contribution in [1.82, 2.24) is 14.5 Å². The molecule has 0 aromatic heterocycles. The highest BCUT2D eigenvalue weighted by atomic mass is 35.5. The maximum absolute atomic E-state index is 13.5. The van der Waals surface area contributed by atoms with E-state index in [1.807, 2.05) is 20.8 Å². The molecule has 3 amide bonds. The molecule has 8 nitrogen and oxygen atoms in total. The van der Waals surface area contributed by atoms with Crippen molar-refractivity contribution in [1.29, 1.82) is 0 Å². The van der Waals surface area contributed by atoms with Crippen LogP contribution in [0.15, 0.2) is 47.4 Å². The number of hydrogen-bond donors (Lipinski definition) is 1. The van der Waals surface area contributed by atoms with Gasteiger partial charge in [0, 0.05) is 12.1 Å². The lowest BCUT2D eigenvalue weighted by atomic mass is 10.1. The van der Waals surface area contributed by atoms with Gasteiger partial charge in [0.1, 0.15) is 17.5 Å². The average Bonchev–Trinajstić information content (AvgIpc) is 2.95. The van der Waals surface area contributed by atoms with Gasteiger partial charge in [0.25, 0.3) is 15.9 Å². The Morgan fingerprint density at radius 2 is 1.74 bits per heavy atom. The second-order valence-electron chi connectivity index (χ2n) is 9.25. The molecule has 3 rings (SSSR count). The number of halogens is 2. The number of nitrogens with one attached hydrogen (secondary N) is 1. The summed E-state index contributed by atoms with van der Waals surface area (Å²) in [5.41, 5.74) is 0.0427. The predicted molar refractivity (Wildman–Crippen MR) is 134 cm³/mol. The van der Waals surface area contributed by atoms with Crippen LogP contribution in [0, 0.1) is 0 Å². The van der Waals surface area contributed by atoms with E-state index in [1.54, 1.807) is 31.2 Å². The van der Waals surface area contributed by atoms with E-state index in [-0.39, 0.29) is 28.4 Å². The molecule has 1 unspecified atom stereocenters. The Labute approximate surface area is 215 Å². The van der Waals surface area contributed by atoms with Crippen LogP contribution < -0.4 is 5.32 Å². The molecule has 0 radical (unpaired) electrons. The highest BCUT2D eigenvalue weighted by Gasteiger charge is 2.43. The Bertz CT molecular complexity index is 1270. The van der Waals surface area contributed by atoms with Crippen molar-refractivity contribution in [3.05, 3.63) is 63.6 Å². The zero-order valence-corrected chi connectivity index (χ0v) is 22.2. The number of sulfonamides is 1. The first-order chi connectivity index (χ1) is 16.3. The molecule has 1 heterocycles. The Morgan fingerprint density at radius 3 is 2.31 bits per heavy atom. The number of fused-ring (bicyclic) bond motifs is 1. The molecule has 35 heavy (non-hydrogen) atoms. The van der Waals surface area contributed by atoms with Crippen molar-refractivity contribution in [3.8, 4) is 0 Å². The van der Waals surface area contributed by atoms with E-state index in [9.17, 15) is 22.8 Å².